The molecule has 0 aliphatic rings. The van der Waals surface area contributed by atoms with Gasteiger partial charge in [0.05, 0.1) is 29.6 Å². The number of nitrogens with zero attached hydrogens (tertiary/aromatic N) is 6. The van der Waals surface area contributed by atoms with Crippen molar-refractivity contribution >= 4 is 28.9 Å². The van der Waals surface area contributed by atoms with Crippen molar-refractivity contribution in [3.63, 3.8) is 0 Å². The van der Waals surface area contributed by atoms with E-state index in [1.165, 1.54) is 6.20 Å². The van der Waals surface area contributed by atoms with Crippen molar-refractivity contribution in [2.45, 2.75) is 27.3 Å². The third-order valence-corrected chi connectivity index (χ3v) is 5.19. The van der Waals surface area contributed by atoms with Gasteiger partial charge in [0, 0.05) is 37.6 Å². The maximum atomic E-state index is 12.6. The number of hydrogen-bond acceptors (Lipinski definition) is 9. The highest BCUT2D eigenvalue weighted by Gasteiger charge is 2.18. The number of carbonyl (C=O) groups excluding carboxylic acids is 1. The topological polar surface area (TPSA) is 132 Å². The van der Waals surface area contributed by atoms with Crippen LogP contribution in [-0.4, -0.2) is 49.8 Å². The van der Waals surface area contributed by atoms with Gasteiger partial charge in [-0.3, -0.25) is 9.48 Å². The zero-order chi connectivity index (χ0) is 24.9. The van der Waals surface area contributed by atoms with Crippen LogP contribution in [-0.2, 0) is 6.54 Å². The summed E-state index contributed by atoms with van der Waals surface area (Å²) in [6, 6.07) is 9.19. The lowest BCUT2D eigenvalue weighted by atomic mass is 10.1. The van der Waals surface area contributed by atoms with Gasteiger partial charge in [-0.1, -0.05) is 6.07 Å². The molecule has 3 aromatic heterocycles. The first kappa shape index (κ1) is 23.6. The number of rotatable bonds is 8. The first-order chi connectivity index (χ1) is 16.9. The smallest absolute Gasteiger partial charge is 0.254 e. The molecule has 0 aliphatic heterocycles. The number of pyridine rings is 1. The molecule has 3 heterocycles. The molecule has 180 valence electrons. The number of anilines is 4. The number of hydrogen-bond donors (Lipinski definition) is 3. The molecule has 0 unspecified atom stereocenters. The Morgan fingerprint density at radius 1 is 1.06 bits per heavy atom. The number of aromatic nitrogens is 6. The second kappa shape index (κ2) is 10.2. The van der Waals surface area contributed by atoms with Crippen LogP contribution in [0.4, 0.5) is 23.0 Å². The van der Waals surface area contributed by atoms with Crippen LogP contribution in [0.2, 0.25) is 0 Å². The monoisotopic (exact) mass is 473 g/mol. The van der Waals surface area contributed by atoms with Crippen LogP contribution in [0, 0.1) is 13.8 Å². The van der Waals surface area contributed by atoms with E-state index >= 15 is 0 Å². The fourth-order valence-electron chi connectivity index (χ4n) is 3.60. The first-order valence-electron chi connectivity index (χ1n) is 11.1. The normalized spacial score (nSPS) is 10.7. The predicted molar refractivity (Wildman–Crippen MR) is 133 cm³/mol. The van der Waals surface area contributed by atoms with Crippen molar-refractivity contribution < 1.29 is 9.53 Å². The number of amides is 1. The number of methoxy groups -OCH3 is 1. The van der Waals surface area contributed by atoms with Crippen molar-refractivity contribution in [2.75, 3.05) is 24.8 Å². The fraction of sp³-hybridized carbons (Fsp3) is 0.250. The molecular formula is C24H27N9O2. The zero-order valence-corrected chi connectivity index (χ0v) is 20.2. The van der Waals surface area contributed by atoms with Crippen molar-refractivity contribution in [2.24, 2.45) is 0 Å². The summed E-state index contributed by atoms with van der Waals surface area (Å²) in [5.74, 6) is 2.59. The van der Waals surface area contributed by atoms with E-state index in [1.807, 2.05) is 45.0 Å². The Kier molecular flexibility index (Phi) is 6.86. The van der Waals surface area contributed by atoms with E-state index in [0.717, 1.165) is 11.3 Å². The molecule has 0 saturated carbocycles. The van der Waals surface area contributed by atoms with Crippen LogP contribution in [0.25, 0.3) is 11.4 Å². The molecule has 11 heteroatoms. The molecule has 4 rings (SSSR count). The maximum Gasteiger partial charge on any atom is 0.254 e. The average Bonchev–Trinajstić information content (AvgIpc) is 3.32. The highest BCUT2D eigenvalue weighted by Crippen LogP contribution is 2.37. The van der Waals surface area contributed by atoms with E-state index in [-0.39, 0.29) is 5.91 Å². The quantitative estimate of drug-likeness (QED) is 0.351. The van der Waals surface area contributed by atoms with E-state index in [2.05, 4.69) is 41.0 Å². The van der Waals surface area contributed by atoms with Gasteiger partial charge in [0.1, 0.15) is 23.8 Å². The molecule has 0 bridgehead atoms. The Balaban J connectivity index is 1.73. The van der Waals surface area contributed by atoms with Crippen molar-refractivity contribution in [3.8, 4) is 17.1 Å². The van der Waals surface area contributed by atoms with Gasteiger partial charge in [0.15, 0.2) is 11.6 Å². The van der Waals surface area contributed by atoms with Gasteiger partial charge in [0.25, 0.3) is 5.91 Å². The Hall–Kier alpha value is -4.54. The standard InChI is InChI=1S/C24H27N9O2/c1-6-33-13-27-23(32-33)16-8-7-9-18(22(16)35-5)30-19-11-20(26-12-17(19)24(34)25-4)31-21-10-14(2)28-15(3)29-21/h7-13H,6H2,1-5H3,(H,25,34)(H2,26,28,29,30,31). The number of aryl methyl sites for hydroxylation is 3. The van der Waals surface area contributed by atoms with Crippen LogP contribution >= 0.6 is 0 Å². The Morgan fingerprint density at radius 3 is 2.57 bits per heavy atom. The number of ether oxygens (including phenoxy) is 1. The third-order valence-electron chi connectivity index (χ3n) is 5.19. The molecule has 0 saturated heterocycles. The Labute approximate surface area is 203 Å². The number of para-hydroxylation sites is 1. The molecule has 0 aliphatic carbocycles. The summed E-state index contributed by atoms with van der Waals surface area (Å²) in [7, 11) is 3.15. The van der Waals surface area contributed by atoms with Crippen LogP contribution in [0.15, 0.2) is 42.9 Å². The molecule has 0 spiro atoms. The minimum absolute atomic E-state index is 0.279. The fourth-order valence-corrected chi connectivity index (χ4v) is 3.60. The minimum atomic E-state index is -0.279. The molecule has 0 fully saturated rings. The van der Waals surface area contributed by atoms with Crippen LogP contribution in [0.3, 0.4) is 0 Å². The van der Waals surface area contributed by atoms with Crippen LogP contribution in [0.1, 0.15) is 28.8 Å². The number of carbonyl (C=O) groups is 1. The van der Waals surface area contributed by atoms with Crippen LogP contribution in [0.5, 0.6) is 5.75 Å². The number of benzene rings is 1. The minimum Gasteiger partial charge on any atom is -0.494 e. The molecular weight excluding hydrogens is 446 g/mol. The summed E-state index contributed by atoms with van der Waals surface area (Å²) in [4.78, 5) is 30.1. The summed E-state index contributed by atoms with van der Waals surface area (Å²) < 4.78 is 7.47. The van der Waals surface area contributed by atoms with E-state index in [1.54, 1.807) is 31.2 Å². The first-order valence-corrected chi connectivity index (χ1v) is 11.1. The molecule has 35 heavy (non-hydrogen) atoms. The van der Waals surface area contributed by atoms with Crippen molar-refractivity contribution in [3.05, 3.63) is 59.9 Å². The van der Waals surface area contributed by atoms with Gasteiger partial charge in [0.2, 0.25) is 0 Å². The Bertz CT molecular complexity index is 1350. The SMILES string of the molecule is CCn1cnc(-c2cccc(Nc3cc(Nc4cc(C)nc(C)n4)ncc3C(=O)NC)c2OC)n1. The summed E-state index contributed by atoms with van der Waals surface area (Å²) in [5, 5.41) is 13.7. The highest BCUT2D eigenvalue weighted by molar-refractivity contribution is 6.00. The second-order valence-corrected chi connectivity index (χ2v) is 7.70. The lowest BCUT2D eigenvalue weighted by Gasteiger charge is -2.17. The second-order valence-electron chi connectivity index (χ2n) is 7.70. The van der Waals surface area contributed by atoms with Gasteiger partial charge in [-0.05, 0) is 32.9 Å². The van der Waals surface area contributed by atoms with Gasteiger partial charge < -0.3 is 20.7 Å². The lowest BCUT2D eigenvalue weighted by molar-refractivity contribution is 0.0963. The largest absolute Gasteiger partial charge is 0.494 e. The van der Waals surface area contributed by atoms with E-state index in [9.17, 15) is 4.79 Å². The van der Waals surface area contributed by atoms with E-state index in [4.69, 9.17) is 4.74 Å². The molecule has 4 aromatic rings. The van der Waals surface area contributed by atoms with Crippen molar-refractivity contribution in [1.82, 2.24) is 35.0 Å². The summed E-state index contributed by atoms with van der Waals surface area (Å²) in [5.41, 5.74) is 3.11. The van der Waals surface area contributed by atoms with Gasteiger partial charge in [-0.25, -0.2) is 19.9 Å². The van der Waals surface area contributed by atoms with Gasteiger partial charge in [-0.15, -0.1) is 0 Å². The van der Waals surface area contributed by atoms with Crippen molar-refractivity contribution in [1.29, 1.82) is 0 Å². The summed E-state index contributed by atoms with van der Waals surface area (Å²) >= 11 is 0. The predicted octanol–water partition coefficient (Wildman–Crippen LogP) is 3.62. The van der Waals surface area contributed by atoms with Gasteiger partial charge >= 0.3 is 0 Å². The third kappa shape index (κ3) is 5.18. The number of nitrogens with one attached hydrogen (secondary N) is 3. The average molecular weight is 474 g/mol. The molecule has 0 radical (unpaired) electrons. The van der Waals surface area contributed by atoms with Crippen LogP contribution < -0.4 is 20.7 Å². The Morgan fingerprint density at radius 2 is 1.89 bits per heavy atom. The molecule has 11 nitrogen and oxygen atoms in total. The summed E-state index contributed by atoms with van der Waals surface area (Å²) in [6.07, 6.45) is 3.18. The van der Waals surface area contributed by atoms with E-state index in [0.29, 0.717) is 52.5 Å². The highest BCUT2D eigenvalue weighted by atomic mass is 16.5. The van der Waals surface area contributed by atoms with Gasteiger partial charge in [-0.2, -0.15) is 5.10 Å². The zero-order valence-electron chi connectivity index (χ0n) is 20.2. The molecule has 3 N–H and O–H groups in total. The molecule has 1 aromatic carbocycles. The molecule has 0 atom stereocenters. The maximum absolute atomic E-state index is 12.6. The molecule has 1 amide bonds. The lowest BCUT2D eigenvalue weighted by Crippen LogP contribution is -2.19. The summed E-state index contributed by atoms with van der Waals surface area (Å²) in [6.45, 7) is 6.42. The van der Waals surface area contributed by atoms with E-state index < -0.39 is 0 Å².